The molecule has 1 N–H and O–H groups in total. The molecule has 0 saturated carbocycles. The number of aryl methyl sites for hydroxylation is 1. The summed E-state index contributed by atoms with van der Waals surface area (Å²) in [6.45, 7) is 7.77. The van der Waals surface area contributed by atoms with Crippen molar-refractivity contribution < 1.29 is 14.4 Å². The van der Waals surface area contributed by atoms with E-state index in [2.05, 4.69) is 10.2 Å². The van der Waals surface area contributed by atoms with Crippen molar-refractivity contribution in [3.63, 3.8) is 0 Å². The Morgan fingerprint density at radius 3 is 2.55 bits per heavy atom. The number of nitrogens with zero attached hydrogens (tertiary/aromatic N) is 3. The summed E-state index contributed by atoms with van der Waals surface area (Å²) in [4.78, 5) is 44.9. The van der Waals surface area contributed by atoms with Crippen molar-refractivity contribution in [2.45, 2.75) is 46.1 Å². The molecule has 0 spiro atoms. The van der Waals surface area contributed by atoms with E-state index < -0.39 is 0 Å². The van der Waals surface area contributed by atoms with E-state index in [-0.39, 0.29) is 30.3 Å². The Morgan fingerprint density at radius 2 is 1.82 bits per heavy atom. The molecule has 174 valence electrons. The first kappa shape index (κ1) is 22.8. The highest BCUT2D eigenvalue weighted by Gasteiger charge is 2.40. The Bertz CT molecular complexity index is 1060. The second-order valence-corrected chi connectivity index (χ2v) is 8.67. The average Bonchev–Trinajstić information content (AvgIpc) is 2.83. The van der Waals surface area contributed by atoms with Gasteiger partial charge in [-0.25, -0.2) is 0 Å². The first-order valence-electron chi connectivity index (χ1n) is 11.8. The molecule has 2 aromatic carbocycles. The van der Waals surface area contributed by atoms with Crippen LogP contribution in [-0.2, 0) is 9.59 Å². The van der Waals surface area contributed by atoms with Gasteiger partial charge in [-0.3, -0.25) is 19.3 Å². The second kappa shape index (κ2) is 9.65. The monoisotopic (exact) mass is 448 g/mol. The van der Waals surface area contributed by atoms with Gasteiger partial charge in [-0.1, -0.05) is 18.2 Å². The molecule has 2 aliphatic rings. The van der Waals surface area contributed by atoms with Gasteiger partial charge in [-0.2, -0.15) is 0 Å². The summed E-state index contributed by atoms with van der Waals surface area (Å²) in [6.07, 6.45) is 2.79. The molecule has 0 bridgehead atoms. The van der Waals surface area contributed by atoms with Crippen LogP contribution in [0.2, 0.25) is 0 Å². The fourth-order valence-electron chi connectivity index (χ4n) is 4.79. The number of carbonyl (C=O) groups is 3. The van der Waals surface area contributed by atoms with E-state index in [1.165, 1.54) is 0 Å². The van der Waals surface area contributed by atoms with Crippen LogP contribution < -0.4 is 15.1 Å². The fourth-order valence-corrected chi connectivity index (χ4v) is 4.79. The minimum atomic E-state index is -0.262. The molecule has 1 saturated heterocycles. The first-order valence-corrected chi connectivity index (χ1v) is 11.8. The summed E-state index contributed by atoms with van der Waals surface area (Å²) in [5, 5.41) is 2.93. The molecule has 0 aliphatic carbocycles. The number of carbonyl (C=O) groups excluding carboxylic acids is 3. The number of piperidine rings is 1. The van der Waals surface area contributed by atoms with E-state index in [4.69, 9.17) is 0 Å². The predicted molar refractivity (Wildman–Crippen MR) is 131 cm³/mol. The maximum atomic E-state index is 13.5. The zero-order chi connectivity index (χ0) is 23.5. The SMILES string of the molecule is CCN(CC)C(=O)c1ccc2c(c1)N(CC(=O)Nc1ccccc1C)C(=O)[C@@H]1CCCCN21. The van der Waals surface area contributed by atoms with Crippen molar-refractivity contribution in [3.8, 4) is 0 Å². The van der Waals surface area contributed by atoms with Crippen LogP contribution in [0.3, 0.4) is 0 Å². The molecule has 2 aromatic rings. The van der Waals surface area contributed by atoms with Crippen LogP contribution in [0.4, 0.5) is 17.1 Å². The van der Waals surface area contributed by atoms with Crippen molar-refractivity contribution in [3.05, 3.63) is 53.6 Å². The van der Waals surface area contributed by atoms with E-state index in [1.807, 2.05) is 57.2 Å². The maximum Gasteiger partial charge on any atom is 0.253 e. The van der Waals surface area contributed by atoms with Gasteiger partial charge in [0, 0.05) is 30.9 Å². The Balaban J connectivity index is 1.68. The lowest BCUT2D eigenvalue weighted by molar-refractivity contribution is -0.123. The highest BCUT2D eigenvalue weighted by Crippen LogP contribution is 2.40. The molecule has 2 heterocycles. The highest BCUT2D eigenvalue weighted by molar-refractivity contribution is 6.11. The smallest absolute Gasteiger partial charge is 0.253 e. The largest absolute Gasteiger partial charge is 0.358 e. The number of benzene rings is 2. The van der Waals surface area contributed by atoms with Crippen molar-refractivity contribution in [1.29, 1.82) is 0 Å². The zero-order valence-electron chi connectivity index (χ0n) is 19.6. The third-order valence-electron chi connectivity index (χ3n) is 6.65. The van der Waals surface area contributed by atoms with E-state index in [0.717, 1.165) is 42.7 Å². The molecular weight excluding hydrogens is 416 g/mol. The molecular formula is C26H32N4O3. The fraction of sp³-hybridized carbons (Fsp3) is 0.423. The molecule has 1 fully saturated rings. The van der Waals surface area contributed by atoms with Gasteiger partial charge < -0.3 is 15.1 Å². The minimum Gasteiger partial charge on any atom is -0.358 e. The van der Waals surface area contributed by atoms with E-state index >= 15 is 0 Å². The van der Waals surface area contributed by atoms with Crippen molar-refractivity contribution in [1.82, 2.24) is 4.90 Å². The first-order chi connectivity index (χ1) is 15.9. The van der Waals surface area contributed by atoms with Crippen LogP contribution in [-0.4, -0.2) is 54.8 Å². The van der Waals surface area contributed by atoms with Crippen LogP contribution in [0, 0.1) is 6.92 Å². The lowest BCUT2D eigenvalue weighted by Gasteiger charge is -2.45. The molecule has 0 unspecified atom stereocenters. The summed E-state index contributed by atoms with van der Waals surface area (Å²) < 4.78 is 0. The van der Waals surface area contributed by atoms with Crippen LogP contribution in [0.5, 0.6) is 0 Å². The summed E-state index contributed by atoms with van der Waals surface area (Å²) in [6, 6.07) is 12.9. The summed E-state index contributed by atoms with van der Waals surface area (Å²) in [5.41, 5.74) is 3.78. The molecule has 2 aliphatic heterocycles. The van der Waals surface area contributed by atoms with Gasteiger partial charge in [-0.05, 0) is 69.9 Å². The predicted octanol–water partition coefficient (Wildman–Crippen LogP) is 3.82. The van der Waals surface area contributed by atoms with E-state index in [0.29, 0.717) is 24.3 Å². The van der Waals surface area contributed by atoms with Crippen LogP contribution in [0.25, 0.3) is 0 Å². The Hall–Kier alpha value is -3.35. The summed E-state index contributed by atoms with van der Waals surface area (Å²) in [7, 11) is 0. The van der Waals surface area contributed by atoms with Gasteiger partial charge in [0.2, 0.25) is 11.8 Å². The normalized spacial score (nSPS) is 17.3. The highest BCUT2D eigenvalue weighted by atomic mass is 16.2. The third kappa shape index (κ3) is 4.45. The Kier molecular flexibility index (Phi) is 6.67. The Labute approximate surface area is 195 Å². The van der Waals surface area contributed by atoms with Crippen LogP contribution >= 0.6 is 0 Å². The zero-order valence-corrected chi connectivity index (χ0v) is 19.6. The Morgan fingerprint density at radius 1 is 1.06 bits per heavy atom. The number of amides is 3. The lowest BCUT2D eigenvalue weighted by Crippen LogP contribution is -2.56. The van der Waals surface area contributed by atoms with Crippen LogP contribution in [0.15, 0.2) is 42.5 Å². The van der Waals surface area contributed by atoms with Crippen molar-refractivity contribution in [2.24, 2.45) is 0 Å². The van der Waals surface area contributed by atoms with Crippen LogP contribution in [0.1, 0.15) is 49.0 Å². The van der Waals surface area contributed by atoms with Gasteiger partial charge in [0.25, 0.3) is 5.91 Å². The number of nitrogens with one attached hydrogen (secondary N) is 1. The topological polar surface area (TPSA) is 73.0 Å². The van der Waals surface area contributed by atoms with E-state index in [9.17, 15) is 14.4 Å². The maximum absolute atomic E-state index is 13.5. The van der Waals surface area contributed by atoms with Crippen molar-refractivity contribution in [2.75, 3.05) is 41.3 Å². The molecule has 0 aromatic heterocycles. The standard InChI is InChI=1S/C26H32N4O3/c1-4-28(5-2)25(32)19-13-14-21-23(16-19)30(26(33)22-12-8-9-15-29(21)22)17-24(31)27-20-11-7-6-10-18(20)3/h6-7,10-11,13-14,16,22H,4-5,8-9,12,15,17H2,1-3H3,(H,27,31)/t22-/m0/s1. The minimum absolute atomic E-state index is 0.0691. The molecule has 0 radical (unpaired) electrons. The number of para-hydroxylation sites is 1. The number of rotatable bonds is 6. The molecule has 1 atom stereocenters. The number of hydrogen-bond donors (Lipinski definition) is 1. The van der Waals surface area contributed by atoms with Gasteiger partial charge in [0.15, 0.2) is 0 Å². The van der Waals surface area contributed by atoms with Gasteiger partial charge in [0.05, 0.1) is 11.4 Å². The lowest BCUT2D eigenvalue weighted by atomic mass is 9.95. The second-order valence-electron chi connectivity index (χ2n) is 8.67. The quantitative estimate of drug-likeness (QED) is 0.729. The van der Waals surface area contributed by atoms with Gasteiger partial charge in [-0.15, -0.1) is 0 Å². The molecule has 33 heavy (non-hydrogen) atoms. The number of fused-ring (bicyclic) bond motifs is 3. The third-order valence-corrected chi connectivity index (χ3v) is 6.65. The van der Waals surface area contributed by atoms with Crippen molar-refractivity contribution >= 4 is 34.8 Å². The van der Waals surface area contributed by atoms with E-state index in [1.54, 1.807) is 15.9 Å². The number of hydrogen-bond acceptors (Lipinski definition) is 4. The molecule has 7 nitrogen and oxygen atoms in total. The summed E-state index contributed by atoms with van der Waals surface area (Å²) in [5.74, 6) is -0.400. The summed E-state index contributed by atoms with van der Waals surface area (Å²) >= 11 is 0. The van der Waals surface area contributed by atoms with Gasteiger partial charge in [0.1, 0.15) is 12.6 Å². The molecule has 3 amide bonds. The molecule has 7 heteroatoms. The molecule has 4 rings (SSSR count). The average molecular weight is 449 g/mol. The van der Waals surface area contributed by atoms with Gasteiger partial charge >= 0.3 is 0 Å². The number of anilines is 3.